The quantitative estimate of drug-likeness (QED) is 0.226. The van der Waals surface area contributed by atoms with Crippen molar-refractivity contribution in [3.05, 3.63) is 60.2 Å². The number of hydrogen-bond donors (Lipinski definition) is 1. The molecule has 0 fully saturated rings. The van der Waals surface area contributed by atoms with Crippen molar-refractivity contribution in [1.29, 1.82) is 0 Å². The fourth-order valence-electron chi connectivity index (χ4n) is 3.02. The molecular formula is C23H23NO6. The molecule has 1 amide bonds. The van der Waals surface area contributed by atoms with Gasteiger partial charge in [-0.25, -0.2) is 9.59 Å². The molecule has 0 aliphatic carbocycles. The number of nitrogens with one attached hydrogen (secondary N) is 1. The maximum atomic E-state index is 12.1. The second-order valence-corrected chi connectivity index (χ2v) is 7.71. The van der Waals surface area contributed by atoms with E-state index < -0.39 is 30.1 Å². The first-order valence-corrected chi connectivity index (χ1v) is 9.46. The minimum atomic E-state index is -0.950. The molecule has 0 saturated carbocycles. The van der Waals surface area contributed by atoms with Crippen LogP contribution in [0, 0.1) is 0 Å². The summed E-state index contributed by atoms with van der Waals surface area (Å²) in [5.74, 6) is -1.71. The normalized spacial score (nSPS) is 11.2. The average Bonchev–Trinajstić information content (AvgIpc) is 2.68. The molecule has 3 aromatic rings. The Bertz CT molecular complexity index is 1050. The van der Waals surface area contributed by atoms with Gasteiger partial charge >= 0.3 is 18.0 Å². The number of esters is 1. The maximum Gasteiger partial charge on any atom is 0.441 e. The van der Waals surface area contributed by atoms with E-state index in [0.29, 0.717) is 0 Å². The molecule has 7 heteroatoms. The zero-order valence-corrected chi connectivity index (χ0v) is 17.1. The lowest BCUT2D eigenvalue weighted by Gasteiger charge is -2.19. The third-order valence-corrected chi connectivity index (χ3v) is 4.20. The van der Waals surface area contributed by atoms with E-state index in [4.69, 9.17) is 9.47 Å². The van der Waals surface area contributed by atoms with Gasteiger partial charge in [0, 0.05) is 5.56 Å². The fourth-order valence-corrected chi connectivity index (χ4v) is 3.02. The van der Waals surface area contributed by atoms with Crippen molar-refractivity contribution < 1.29 is 28.7 Å². The van der Waals surface area contributed by atoms with Crippen LogP contribution in [0.3, 0.4) is 0 Å². The Hall–Kier alpha value is -3.61. The maximum absolute atomic E-state index is 12.1. The van der Waals surface area contributed by atoms with Gasteiger partial charge in [-0.05, 0) is 48.4 Å². The van der Waals surface area contributed by atoms with Crippen molar-refractivity contribution in [3.8, 4) is 0 Å². The molecule has 1 N–H and O–H groups in total. The standard InChI is InChI=1S/C23H23NO6/c1-23(2,3)29-22(27)24-30-21(26)13-20(25)28-14-19-17-10-6-4-8-15(17)12-16-9-5-7-11-18(16)19/h4-12H,13-14H2,1-3H3,(H,24,27). The topological polar surface area (TPSA) is 90.9 Å². The number of amides is 1. The van der Waals surface area contributed by atoms with Crippen LogP contribution in [-0.4, -0.2) is 23.6 Å². The number of hydrogen-bond acceptors (Lipinski definition) is 6. The second-order valence-electron chi connectivity index (χ2n) is 7.71. The van der Waals surface area contributed by atoms with E-state index in [9.17, 15) is 14.4 Å². The molecule has 0 heterocycles. The number of fused-ring (bicyclic) bond motifs is 2. The summed E-state index contributed by atoms with van der Waals surface area (Å²) >= 11 is 0. The van der Waals surface area contributed by atoms with Gasteiger partial charge in [-0.1, -0.05) is 48.5 Å². The van der Waals surface area contributed by atoms with E-state index in [1.807, 2.05) is 54.0 Å². The minimum absolute atomic E-state index is 0.00742. The van der Waals surface area contributed by atoms with Crippen molar-refractivity contribution in [2.45, 2.75) is 39.4 Å². The molecule has 156 valence electrons. The first-order valence-electron chi connectivity index (χ1n) is 9.46. The van der Waals surface area contributed by atoms with Gasteiger partial charge < -0.3 is 14.3 Å². The Balaban J connectivity index is 1.62. The lowest BCUT2D eigenvalue weighted by molar-refractivity contribution is -0.159. The summed E-state index contributed by atoms with van der Waals surface area (Å²) in [5.41, 5.74) is 1.97. The van der Waals surface area contributed by atoms with E-state index in [2.05, 4.69) is 10.9 Å². The Morgan fingerprint density at radius 1 is 0.867 bits per heavy atom. The summed E-state index contributed by atoms with van der Waals surface area (Å²) in [7, 11) is 0. The zero-order chi connectivity index (χ0) is 21.7. The Morgan fingerprint density at radius 3 is 2.00 bits per heavy atom. The van der Waals surface area contributed by atoms with Crippen LogP contribution in [0.15, 0.2) is 54.6 Å². The molecule has 3 aromatic carbocycles. The predicted molar refractivity (Wildman–Crippen MR) is 111 cm³/mol. The SMILES string of the molecule is CC(C)(C)OC(=O)NOC(=O)CC(=O)OCc1c2ccccc2cc2ccccc12. The van der Waals surface area contributed by atoms with Crippen LogP contribution in [0.5, 0.6) is 0 Å². The number of hydroxylamine groups is 1. The van der Waals surface area contributed by atoms with Crippen LogP contribution < -0.4 is 5.48 Å². The van der Waals surface area contributed by atoms with Crippen molar-refractivity contribution in [2.24, 2.45) is 0 Å². The van der Waals surface area contributed by atoms with Crippen LogP contribution in [0.25, 0.3) is 21.5 Å². The highest BCUT2D eigenvalue weighted by molar-refractivity contribution is 6.02. The molecule has 0 aromatic heterocycles. The monoisotopic (exact) mass is 409 g/mol. The van der Waals surface area contributed by atoms with Crippen LogP contribution >= 0.6 is 0 Å². The van der Waals surface area contributed by atoms with E-state index in [0.717, 1.165) is 27.1 Å². The average molecular weight is 409 g/mol. The van der Waals surface area contributed by atoms with Gasteiger partial charge in [0.25, 0.3) is 0 Å². The van der Waals surface area contributed by atoms with Gasteiger partial charge in [-0.3, -0.25) is 4.79 Å². The third-order valence-electron chi connectivity index (χ3n) is 4.20. The molecule has 30 heavy (non-hydrogen) atoms. The molecule has 0 aliphatic rings. The van der Waals surface area contributed by atoms with Gasteiger partial charge in [-0.2, -0.15) is 0 Å². The van der Waals surface area contributed by atoms with Crippen molar-refractivity contribution >= 4 is 39.6 Å². The van der Waals surface area contributed by atoms with Crippen molar-refractivity contribution in [3.63, 3.8) is 0 Å². The van der Waals surface area contributed by atoms with Crippen LogP contribution in [0.2, 0.25) is 0 Å². The second kappa shape index (κ2) is 8.82. The van der Waals surface area contributed by atoms with E-state index in [1.54, 1.807) is 20.8 Å². The molecule has 3 rings (SSSR count). The van der Waals surface area contributed by atoms with E-state index >= 15 is 0 Å². The highest BCUT2D eigenvalue weighted by Crippen LogP contribution is 2.29. The molecule has 7 nitrogen and oxygen atoms in total. The largest absolute Gasteiger partial charge is 0.460 e. The Morgan fingerprint density at radius 2 is 1.43 bits per heavy atom. The number of carbonyl (C=O) groups excluding carboxylic acids is 3. The molecule has 0 aliphatic heterocycles. The lowest BCUT2D eigenvalue weighted by atomic mass is 9.97. The van der Waals surface area contributed by atoms with Gasteiger partial charge in [-0.15, -0.1) is 5.48 Å². The van der Waals surface area contributed by atoms with Gasteiger partial charge in [0.1, 0.15) is 18.6 Å². The van der Waals surface area contributed by atoms with Crippen molar-refractivity contribution in [1.82, 2.24) is 5.48 Å². The number of ether oxygens (including phenoxy) is 2. The van der Waals surface area contributed by atoms with Gasteiger partial charge in [0.2, 0.25) is 0 Å². The molecule has 0 spiro atoms. The summed E-state index contributed by atoms with van der Waals surface area (Å²) < 4.78 is 10.3. The summed E-state index contributed by atoms with van der Waals surface area (Å²) in [6.07, 6.45) is -1.56. The molecule has 0 saturated heterocycles. The first-order chi connectivity index (χ1) is 14.2. The van der Waals surface area contributed by atoms with Crippen LogP contribution in [0.4, 0.5) is 4.79 Å². The van der Waals surface area contributed by atoms with Gasteiger partial charge in [0.15, 0.2) is 0 Å². The molecule has 0 unspecified atom stereocenters. The third kappa shape index (κ3) is 5.47. The summed E-state index contributed by atoms with van der Waals surface area (Å²) in [6, 6.07) is 17.7. The Kier molecular flexibility index (Phi) is 6.20. The molecule has 0 radical (unpaired) electrons. The highest BCUT2D eigenvalue weighted by atomic mass is 16.7. The predicted octanol–water partition coefficient (Wildman–Crippen LogP) is 4.41. The van der Waals surface area contributed by atoms with Crippen LogP contribution in [0.1, 0.15) is 32.8 Å². The number of carbonyl (C=O) groups is 3. The molecule has 0 bridgehead atoms. The zero-order valence-electron chi connectivity index (χ0n) is 17.1. The summed E-state index contributed by atoms with van der Waals surface area (Å²) in [5, 5.41) is 4.00. The number of benzene rings is 3. The van der Waals surface area contributed by atoms with Crippen LogP contribution in [-0.2, 0) is 30.5 Å². The van der Waals surface area contributed by atoms with Gasteiger partial charge in [0.05, 0.1) is 0 Å². The molecule has 0 atom stereocenters. The smallest absolute Gasteiger partial charge is 0.441 e. The fraction of sp³-hybridized carbons (Fsp3) is 0.261. The minimum Gasteiger partial charge on any atom is -0.460 e. The first kappa shape index (κ1) is 21.1. The highest BCUT2D eigenvalue weighted by Gasteiger charge is 2.19. The Labute approximate surface area is 173 Å². The van der Waals surface area contributed by atoms with Crippen molar-refractivity contribution in [2.75, 3.05) is 0 Å². The number of rotatable bonds is 4. The lowest BCUT2D eigenvalue weighted by Crippen LogP contribution is -2.34. The van der Waals surface area contributed by atoms with E-state index in [-0.39, 0.29) is 6.61 Å². The van der Waals surface area contributed by atoms with E-state index in [1.165, 1.54) is 0 Å². The summed E-state index contributed by atoms with van der Waals surface area (Å²) in [4.78, 5) is 39.9. The molecular weight excluding hydrogens is 386 g/mol. The summed E-state index contributed by atoms with van der Waals surface area (Å²) in [6.45, 7) is 5.02.